The second-order valence-electron chi connectivity index (χ2n) is 16.2. The second-order valence-corrected chi connectivity index (χ2v) is 16.2. The Morgan fingerprint density at radius 3 is 1.30 bits per heavy atom. The first-order valence-corrected chi connectivity index (χ1v) is 18.0. The average Bonchev–Trinajstić information content (AvgIpc) is 3.61. The van der Waals surface area contributed by atoms with Gasteiger partial charge in [0.05, 0.1) is 0 Å². The average molecular weight is 644 g/mol. The van der Waals surface area contributed by atoms with Gasteiger partial charge in [-0.1, -0.05) is 145 Å². The number of hydrogen-bond donors (Lipinski definition) is 0. The van der Waals surface area contributed by atoms with Crippen molar-refractivity contribution in [2.45, 2.75) is 57.8 Å². The molecule has 7 aromatic rings. The normalized spacial score (nSPS) is 16.3. The molecule has 0 aromatic heterocycles. The summed E-state index contributed by atoms with van der Waals surface area (Å²) in [4.78, 5) is 2.50. The minimum Gasteiger partial charge on any atom is -0.310 e. The quantitative estimate of drug-likeness (QED) is 0.185. The van der Waals surface area contributed by atoms with Crippen molar-refractivity contribution in [2.24, 2.45) is 0 Å². The van der Waals surface area contributed by atoms with E-state index in [9.17, 15) is 0 Å². The summed E-state index contributed by atoms with van der Waals surface area (Å²) in [7, 11) is 0. The minimum absolute atomic E-state index is 0.0447. The Hall–Kier alpha value is -5.40. The van der Waals surface area contributed by atoms with Crippen molar-refractivity contribution in [1.29, 1.82) is 0 Å². The van der Waals surface area contributed by atoms with E-state index >= 15 is 0 Å². The maximum atomic E-state index is 2.50. The summed E-state index contributed by atoms with van der Waals surface area (Å²) >= 11 is 0. The van der Waals surface area contributed by atoms with E-state index in [-0.39, 0.29) is 16.2 Å². The predicted molar refractivity (Wildman–Crippen MR) is 211 cm³/mol. The Balaban J connectivity index is 1.22. The van der Waals surface area contributed by atoms with Crippen LogP contribution >= 0.6 is 0 Å². The first kappa shape index (κ1) is 29.5. The number of hydrogen-bond acceptors (Lipinski definition) is 1. The van der Waals surface area contributed by atoms with Crippen LogP contribution in [-0.4, -0.2) is 0 Å². The molecule has 0 atom stereocenters. The molecule has 3 aliphatic carbocycles. The Bertz CT molecular complexity index is 2470. The molecule has 0 saturated heterocycles. The standard InChI is InChI=1S/C49H41N/c1-47(2)42-18-12-9-15-38(42)46-39-27-31(21-19-30(39)20-26-43(46)47)50(32-22-24-36-34-13-7-10-16-40(34)48(3,4)44(36)28-32)33-23-25-37-35-14-8-11-17-41(35)49(5,6)45(37)29-33/h7-29H,1-6H3. The van der Waals surface area contributed by atoms with Crippen molar-refractivity contribution < 1.29 is 0 Å². The van der Waals surface area contributed by atoms with Crippen LogP contribution in [0.25, 0.3) is 44.2 Å². The lowest BCUT2D eigenvalue weighted by molar-refractivity contribution is 0.660. The van der Waals surface area contributed by atoms with Crippen molar-refractivity contribution in [1.82, 2.24) is 0 Å². The van der Waals surface area contributed by atoms with Gasteiger partial charge in [0.25, 0.3) is 0 Å². The lowest BCUT2D eigenvalue weighted by atomic mass is 9.82. The van der Waals surface area contributed by atoms with Crippen molar-refractivity contribution in [2.75, 3.05) is 4.90 Å². The highest BCUT2D eigenvalue weighted by Gasteiger charge is 2.39. The largest absolute Gasteiger partial charge is 0.310 e. The van der Waals surface area contributed by atoms with Gasteiger partial charge in [0.15, 0.2) is 0 Å². The van der Waals surface area contributed by atoms with Crippen LogP contribution in [0, 0.1) is 0 Å². The van der Waals surface area contributed by atoms with Crippen LogP contribution < -0.4 is 4.90 Å². The van der Waals surface area contributed by atoms with Crippen molar-refractivity contribution in [3.63, 3.8) is 0 Å². The fourth-order valence-corrected chi connectivity index (χ4v) is 9.76. The minimum atomic E-state index is -0.0886. The molecule has 0 amide bonds. The van der Waals surface area contributed by atoms with Gasteiger partial charge in [0.1, 0.15) is 0 Å². The lowest BCUT2D eigenvalue weighted by Crippen LogP contribution is -2.18. The van der Waals surface area contributed by atoms with E-state index in [1.807, 2.05) is 0 Å². The van der Waals surface area contributed by atoms with Crippen LogP contribution in [0.4, 0.5) is 17.1 Å². The van der Waals surface area contributed by atoms with E-state index in [1.54, 1.807) is 0 Å². The summed E-state index contributed by atoms with van der Waals surface area (Å²) in [6.45, 7) is 14.2. The molecular formula is C49H41N. The van der Waals surface area contributed by atoms with Crippen molar-refractivity contribution in [3.05, 3.63) is 173 Å². The first-order chi connectivity index (χ1) is 24.1. The van der Waals surface area contributed by atoms with Gasteiger partial charge in [-0.05, 0) is 114 Å². The second kappa shape index (κ2) is 9.86. The molecular weight excluding hydrogens is 603 g/mol. The molecule has 3 aliphatic rings. The topological polar surface area (TPSA) is 3.24 Å². The summed E-state index contributed by atoms with van der Waals surface area (Å²) in [5, 5.41) is 2.59. The molecule has 10 rings (SSSR count). The molecule has 50 heavy (non-hydrogen) atoms. The Morgan fingerprint density at radius 1 is 0.340 bits per heavy atom. The van der Waals surface area contributed by atoms with E-state index in [0.717, 1.165) is 0 Å². The Morgan fingerprint density at radius 2 is 0.740 bits per heavy atom. The van der Waals surface area contributed by atoms with Crippen molar-refractivity contribution >= 4 is 27.8 Å². The predicted octanol–water partition coefficient (Wildman–Crippen LogP) is 13.2. The summed E-state index contributed by atoms with van der Waals surface area (Å²) in [6, 6.07) is 52.9. The number of fused-ring (bicyclic) bond motifs is 11. The number of nitrogens with zero attached hydrogens (tertiary/aromatic N) is 1. The molecule has 0 fully saturated rings. The van der Waals surface area contributed by atoms with Gasteiger partial charge < -0.3 is 4.90 Å². The van der Waals surface area contributed by atoms with Crippen LogP contribution in [0.5, 0.6) is 0 Å². The molecule has 0 aliphatic heterocycles. The molecule has 0 bridgehead atoms. The number of anilines is 3. The molecule has 0 spiro atoms. The third-order valence-electron chi connectivity index (χ3n) is 12.5. The zero-order chi connectivity index (χ0) is 34.2. The van der Waals surface area contributed by atoms with Gasteiger partial charge in [0.2, 0.25) is 0 Å². The van der Waals surface area contributed by atoms with E-state index in [2.05, 4.69) is 186 Å². The molecule has 1 nitrogen and oxygen atoms in total. The maximum Gasteiger partial charge on any atom is 0.0468 e. The van der Waals surface area contributed by atoms with E-state index < -0.39 is 0 Å². The van der Waals surface area contributed by atoms with Gasteiger partial charge in [-0.15, -0.1) is 0 Å². The van der Waals surface area contributed by atoms with Crippen LogP contribution in [0.15, 0.2) is 140 Å². The highest BCUT2D eigenvalue weighted by molar-refractivity contribution is 6.04. The molecule has 242 valence electrons. The SMILES string of the molecule is CC1(C)c2ccccc2-c2ccc(N(c3ccc4c(c3)C(C)(C)c3ccccc3-4)c3ccc4ccc5c(c4c3)-c3ccccc3C5(C)C)cc21. The zero-order valence-corrected chi connectivity index (χ0v) is 29.7. The van der Waals surface area contributed by atoms with Crippen molar-refractivity contribution in [3.8, 4) is 33.4 Å². The van der Waals surface area contributed by atoms with E-state index in [1.165, 1.54) is 94.6 Å². The molecule has 7 aromatic carbocycles. The maximum absolute atomic E-state index is 2.50. The van der Waals surface area contributed by atoms with Gasteiger partial charge in [0, 0.05) is 33.3 Å². The van der Waals surface area contributed by atoms with Gasteiger partial charge in [-0.3, -0.25) is 0 Å². The number of rotatable bonds is 3. The molecule has 0 saturated carbocycles. The molecule has 0 unspecified atom stereocenters. The van der Waals surface area contributed by atoms with Crippen LogP contribution in [-0.2, 0) is 16.2 Å². The third-order valence-corrected chi connectivity index (χ3v) is 12.5. The molecule has 0 heterocycles. The van der Waals surface area contributed by atoms with Gasteiger partial charge >= 0.3 is 0 Å². The fraction of sp³-hybridized carbons (Fsp3) is 0.184. The lowest BCUT2D eigenvalue weighted by Gasteiger charge is -2.30. The third kappa shape index (κ3) is 3.78. The highest BCUT2D eigenvalue weighted by atomic mass is 15.1. The highest BCUT2D eigenvalue weighted by Crippen LogP contribution is 2.55. The monoisotopic (exact) mass is 643 g/mol. The smallest absolute Gasteiger partial charge is 0.0468 e. The molecule has 0 radical (unpaired) electrons. The Labute approximate surface area is 295 Å². The van der Waals surface area contributed by atoms with E-state index in [4.69, 9.17) is 0 Å². The van der Waals surface area contributed by atoms with Gasteiger partial charge in [-0.25, -0.2) is 0 Å². The number of benzene rings is 7. The Kier molecular flexibility index (Phi) is 5.82. The van der Waals surface area contributed by atoms with Crippen LogP contribution in [0.1, 0.15) is 74.9 Å². The fourth-order valence-electron chi connectivity index (χ4n) is 9.76. The summed E-state index contributed by atoms with van der Waals surface area (Å²) in [5.74, 6) is 0. The zero-order valence-electron chi connectivity index (χ0n) is 29.7. The van der Waals surface area contributed by atoms with Gasteiger partial charge in [-0.2, -0.15) is 0 Å². The van der Waals surface area contributed by atoms with Crippen LogP contribution in [0.2, 0.25) is 0 Å². The van der Waals surface area contributed by atoms with E-state index in [0.29, 0.717) is 0 Å². The molecule has 1 heteroatoms. The summed E-state index contributed by atoms with van der Waals surface area (Å²) < 4.78 is 0. The summed E-state index contributed by atoms with van der Waals surface area (Å²) in [5.41, 5.74) is 19.8. The summed E-state index contributed by atoms with van der Waals surface area (Å²) in [6.07, 6.45) is 0. The first-order valence-electron chi connectivity index (χ1n) is 18.0. The van der Waals surface area contributed by atoms with Crippen LogP contribution in [0.3, 0.4) is 0 Å². The molecule has 0 N–H and O–H groups in total.